The lowest BCUT2D eigenvalue weighted by Gasteiger charge is -2.16. The Bertz CT molecular complexity index is 2040. The molecule has 0 amide bonds. The topological polar surface area (TPSA) is 133 Å². The average Bonchev–Trinajstić information content (AvgIpc) is 3.69. The summed E-state index contributed by atoms with van der Waals surface area (Å²) in [5.41, 5.74) is 4.52. The first-order chi connectivity index (χ1) is 21.4. The number of aromatic amines is 1. The van der Waals surface area contributed by atoms with Crippen molar-refractivity contribution in [2.45, 2.75) is 46.1 Å². The van der Waals surface area contributed by atoms with E-state index in [2.05, 4.69) is 27.2 Å². The molecule has 0 bridgehead atoms. The molecule has 0 spiro atoms. The summed E-state index contributed by atoms with van der Waals surface area (Å²) in [4.78, 5) is 37.2. The van der Waals surface area contributed by atoms with E-state index in [1.54, 1.807) is 22.8 Å². The molecule has 0 aliphatic heterocycles. The van der Waals surface area contributed by atoms with Gasteiger partial charge in [-0.2, -0.15) is 4.98 Å². The second kappa shape index (κ2) is 12.4. The first-order valence-electron chi connectivity index (χ1n) is 14.3. The molecule has 0 fully saturated rings. The van der Waals surface area contributed by atoms with Gasteiger partial charge in [0, 0.05) is 29.7 Å². The van der Waals surface area contributed by atoms with Crippen molar-refractivity contribution in [3.63, 3.8) is 0 Å². The van der Waals surface area contributed by atoms with Crippen LogP contribution >= 0.6 is 0 Å². The van der Waals surface area contributed by atoms with Crippen LogP contribution in [-0.4, -0.2) is 29.8 Å². The minimum Gasteiger partial charge on any atom is -0.334 e. The number of nitrogens with zero attached hydrogens (tertiary/aromatic N) is 5. The summed E-state index contributed by atoms with van der Waals surface area (Å²) in [6, 6.07) is 21.6. The van der Waals surface area contributed by atoms with Crippen LogP contribution in [0.25, 0.3) is 34.0 Å². The fraction of sp³-hybridized carbons (Fsp3) is 0.212. The third kappa shape index (κ3) is 5.89. The Balaban J connectivity index is 1.30. The number of unbranched alkanes of at least 4 members (excludes halogenated alkanes) is 1. The summed E-state index contributed by atoms with van der Waals surface area (Å²) in [5.74, 6) is 0.302. The van der Waals surface area contributed by atoms with Crippen molar-refractivity contribution in [2.24, 2.45) is 0 Å². The van der Waals surface area contributed by atoms with E-state index in [-0.39, 0.29) is 29.3 Å². The van der Waals surface area contributed by atoms with Gasteiger partial charge in [-0.25, -0.2) is 14.2 Å². The van der Waals surface area contributed by atoms with Crippen LogP contribution in [0.1, 0.15) is 48.2 Å². The van der Waals surface area contributed by atoms with Gasteiger partial charge in [-0.1, -0.05) is 84.3 Å². The lowest BCUT2D eigenvalue weighted by Crippen LogP contribution is -2.30. The predicted molar refractivity (Wildman–Crippen MR) is 161 cm³/mol. The lowest BCUT2D eigenvalue weighted by molar-refractivity contribution is 0.388. The standard InChI is InChI=1S/C33H29FN6O4/c1-3-4-13-29-35-20(2)26(18-28-36-31(43-38-28)25-11-7-8-12-27(25)34)32(41)40(29)19-21-14-16-22(17-15-21)23-9-5-6-10-24(23)30-37-33(42)44-39-30/h5-12,14-17H,3-4,13,18-19H2,1-2H3,(H,37,39,42). The summed E-state index contributed by atoms with van der Waals surface area (Å²) in [7, 11) is 0. The average molecular weight is 593 g/mol. The molecule has 0 saturated carbocycles. The summed E-state index contributed by atoms with van der Waals surface area (Å²) in [6.07, 6.45) is 2.61. The zero-order valence-electron chi connectivity index (χ0n) is 24.2. The Morgan fingerprint density at radius 2 is 1.59 bits per heavy atom. The molecule has 0 radical (unpaired) electrons. The Labute approximate surface area is 251 Å². The van der Waals surface area contributed by atoms with E-state index >= 15 is 0 Å². The highest BCUT2D eigenvalue weighted by molar-refractivity contribution is 5.80. The largest absolute Gasteiger partial charge is 0.439 e. The number of halogens is 1. The van der Waals surface area contributed by atoms with E-state index in [1.165, 1.54) is 6.07 Å². The van der Waals surface area contributed by atoms with E-state index in [9.17, 15) is 14.0 Å². The Hall–Kier alpha value is -5.45. The van der Waals surface area contributed by atoms with Crippen molar-refractivity contribution < 1.29 is 13.4 Å². The lowest BCUT2D eigenvalue weighted by atomic mass is 9.98. The fourth-order valence-corrected chi connectivity index (χ4v) is 5.14. The summed E-state index contributed by atoms with van der Waals surface area (Å²) in [6.45, 7) is 4.23. The van der Waals surface area contributed by atoms with Crippen molar-refractivity contribution in [1.82, 2.24) is 29.8 Å². The van der Waals surface area contributed by atoms with Gasteiger partial charge in [0.05, 0.1) is 12.1 Å². The van der Waals surface area contributed by atoms with Gasteiger partial charge in [-0.05, 0) is 42.2 Å². The zero-order valence-corrected chi connectivity index (χ0v) is 24.2. The van der Waals surface area contributed by atoms with Crippen LogP contribution in [0.4, 0.5) is 4.39 Å². The van der Waals surface area contributed by atoms with Crippen molar-refractivity contribution in [3.8, 4) is 34.0 Å². The molecule has 3 heterocycles. The number of nitrogens with one attached hydrogen (secondary N) is 1. The van der Waals surface area contributed by atoms with Gasteiger partial charge in [-0.15, -0.1) is 0 Å². The van der Waals surface area contributed by atoms with E-state index in [1.807, 2.05) is 55.5 Å². The number of aryl methyl sites for hydroxylation is 2. The Kier molecular flexibility index (Phi) is 8.09. The maximum Gasteiger partial charge on any atom is 0.439 e. The Morgan fingerprint density at radius 1 is 0.864 bits per heavy atom. The summed E-state index contributed by atoms with van der Waals surface area (Å²) >= 11 is 0. The van der Waals surface area contributed by atoms with E-state index in [0.717, 1.165) is 35.1 Å². The van der Waals surface area contributed by atoms with Crippen molar-refractivity contribution in [3.05, 3.63) is 128 Å². The number of hydrogen-bond donors (Lipinski definition) is 1. The van der Waals surface area contributed by atoms with E-state index < -0.39 is 11.6 Å². The predicted octanol–water partition coefficient (Wildman–Crippen LogP) is 5.73. The van der Waals surface area contributed by atoms with Gasteiger partial charge in [0.2, 0.25) is 0 Å². The van der Waals surface area contributed by atoms with Crippen LogP contribution in [0.5, 0.6) is 0 Å². The molecule has 0 aliphatic carbocycles. The van der Waals surface area contributed by atoms with Crippen LogP contribution in [0.3, 0.4) is 0 Å². The fourth-order valence-electron chi connectivity index (χ4n) is 5.14. The van der Waals surface area contributed by atoms with Crippen LogP contribution in [-0.2, 0) is 19.4 Å². The molecule has 10 nitrogen and oxygen atoms in total. The molecule has 0 aliphatic rings. The first-order valence-corrected chi connectivity index (χ1v) is 14.3. The van der Waals surface area contributed by atoms with Crippen LogP contribution in [0.2, 0.25) is 0 Å². The van der Waals surface area contributed by atoms with Gasteiger partial charge in [-0.3, -0.25) is 18.9 Å². The third-order valence-corrected chi connectivity index (χ3v) is 7.44. The quantitative estimate of drug-likeness (QED) is 0.213. The minimum absolute atomic E-state index is 0.0557. The second-order valence-electron chi connectivity index (χ2n) is 10.4. The molecule has 3 aromatic heterocycles. The third-order valence-electron chi connectivity index (χ3n) is 7.44. The van der Waals surface area contributed by atoms with Crippen LogP contribution in [0, 0.1) is 12.7 Å². The minimum atomic E-state index is -0.620. The molecule has 0 saturated heterocycles. The van der Waals surface area contributed by atoms with Crippen molar-refractivity contribution in [1.29, 1.82) is 0 Å². The highest BCUT2D eigenvalue weighted by Gasteiger charge is 2.19. The van der Waals surface area contributed by atoms with Crippen molar-refractivity contribution in [2.75, 3.05) is 0 Å². The molecule has 222 valence electrons. The molecule has 1 N–H and O–H groups in total. The maximum atomic E-state index is 14.3. The number of rotatable bonds is 10. The highest BCUT2D eigenvalue weighted by Crippen LogP contribution is 2.30. The zero-order chi connectivity index (χ0) is 30.6. The van der Waals surface area contributed by atoms with E-state index in [4.69, 9.17) is 14.0 Å². The maximum absolute atomic E-state index is 14.3. The molecular weight excluding hydrogens is 563 g/mol. The first kappa shape index (κ1) is 28.7. The van der Waals surface area contributed by atoms with Gasteiger partial charge in [0.25, 0.3) is 11.4 Å². The smallest absolute Gasteiger partial charge is 0.334 e. The SMILES string of the molecule is CCCCc1nc(C)c(Cc2noc(-c3ccccc3F)n2)c(=O)n1Cc1ccc(-c2ccccc2-c2noc(=O)[nH]2)cc1. The monoisotopic (exact) mass is 592 g/mol. The molecular formula is C33H29FN6O4. The van der Waals surface area contributed by atoms with E-state index in [0.29, 0.717) is 35.9 Å². The van der Waals surface area contributed by atoms with Gasteiger partial charge in [0.1, 0.15) is 11.6 Å². The molecule has 3 aromatic carbocycles. The molecule has 6 rings (SSSR count). The number of aromatic nitrogens is 6. The number of benzene rings is 3. The Morgan fingerprint density at radius 3 is 2.30 bits per heavy atom. The van der Waals surface area contributed by atoms with Gasteiger partial charge in [0.15, 0.2) is 11.6 Å². The van der Waals surface area contributed by atoms with Crippen LogP contribution in [0.15, 0.2) is 91.4 Å². The molecule has 0 unspecified atom stereocenters. The summed E-state index contributed by atoms with van der Waals surface area (Å²) < 4.78 is 26.0. The molecule has 11 heteroatoms. The van der Waals surface area contributed by atoms with Crippen molar-refractivity contribution >= 4 is 0 Å². The van der Waals surface area contributed by atoms with Gasteiger partial charge < -0.3 is 4.52 Å². The van der Waals surface area contributed by atoms with Gasteiger partial charge >= 0.3 is 5.76 Å². The molecule has 44 heavy (non-hydrogen) atoms. The molecule has 6 aromatic rings. The second-order valence-corrected chi connectivity index (χ2v) is 10.4. The van der Waals surface area contributed by atoms with Crippen LogP contribution < -0.4 is 11.3 Å². The summed E-state index contributed by atoms with van der Waals surface area (Å²) in [5, 5.41) is 7.84. The normalized spacial score (nSPS) is 11.2. The number of hydrogen-bond acceptors (Lipinski definition) is 8. The highest BCUT2D eigenvalue weighted by atomic mass is 19.1. The molecule has 0 atom stereocenters. The number of H-pyrrole nitrogens is 1.